The van der Waals surface area contributed by atoms with Gasteiger partial charge in [-0.1, -0.05) is 102 Å². The molecule has 1 unspecified atom stereocenters. The van der Waals surface area contributed by atoms with Crippen LogP contribution in [0.25, 0.3) is 0 Å². The van der Waals surface area contributed by atoms with Crippen LogP contribution in [0.4, 0.5) is 9.59 Å². The van der Waals surface area contributed by atoms with Crippen LogP contribution in [0.15, 0.2) is 60.7 Å². The van der Waals surface area contributed by atoms with Gasteiger partial charge in [-0.2, -0.15) is 0 Å². The minimum atomic E-state index is -0.514. The molecular weight excluding hydrogens is 544 g/mol. The molecule has 2 fully saturated rings. The van der Waals surface area contributed by atoms with E-state index in [9.17, 15) is 19.2 Å². The molecule has 2 atom stereocenters. The van der Waals surface area contributed by atoms with Gasteiger partial charge in [0, 0.05) is 12.8 Å². The summed E-state index contributed by atoms with van der Waals surface area (Å²) in [5.74, 6) is -0.152. The predicted molar refractivity (Wildman–Crippen MR) is 160 cm³/mol. The number of halogens is 1. The normalized spacial score (nSPS) is 18.2. The Labute approximate surface area is 248 Å². The third kappa shape index (κ3) is 13.7. The van der Waals surface area contributed by atoms with E-state index in [1.54, 1.807) is 0 Å². The van der Waals surface area contributed by atoms with E-state index in [2.05, 4.69) is 5.32 Å². The first-order valence-electron chi connectivity index (χ1n) is 13.8. The number of ether oxygens (including phenoxy) is 2. The molecule has 1 N–H and O–H groups in total. The summed E-state index contributed by atoms with van der Waals surface area (Å²) in [7, 11) is 0. The van der Waals surface area contributed by atoms with Crippen molar-refractivity contribution < 1.29 is 28.7 Å². The predicted octanol–water partition coefficient (Wildman–Crippen LogP) is 6.54. The number of rotatable bonds is 6. The zero-order valence-corrected chi connectivity index (χ0v) is 25.7. The van der Waals surface area contributed by atoms with Crippen LogP contribution in [0.1, 0.15) is 65.5 Å². The fourth-order valence-corrected chi connectivity index (χ4v) is 4.59. The minimum absolute atomic E-state index is 0.0405. The fourth-order valence-electron chi connectivity index (χ4n) is 4.19. The SMILES string of the molecule is CC(C)(C)CC(=O)Cl.CC(C)(C)CC(=O)N1C(=O)OC[C@@H]1Cc1ccccc1.O=C1NC(Cc2ccccc2)CO1. The monoisotopic (exact) mass is 586 g/mol. The lowest BCUT2D eigenvalue weighted by Gasteiger charge is -2.24. The summed E-state index contributed by atoms with van der Waals surface area (Å²) in [6, 6.07) is 19.8. The largest absolute Gasteiger partial charge is 0.447 e. The third-order valence-electron chi connectivity index (χ3n) is 5.96. The van der Waals surface area contributed by atoms with Crippen molar-refractivity contribution in [3.8, 4) is 0 Å². The maximum atomic E-state index is 12.3. The van der Waals surface area contributed by atoms with Crippen molar-refractivity contribution in [2.24, 2.45) is 10.8 Å². The third-order valence-corrected chi connectivity index (χ3v) is 6.09. The van der Waals surface area contributed by atoms with Crippen molar-refractivity contribution in [3.63, 3.8) is 0 Å². The summed E-state index contributed by atoms with van der Waals surface area (Å²) in [5, 5.41) is 2.49. The van der Waals surface area contributed by atoms with Crippen LogP contribution >= 0.6 is 11.6 Å². The average Bonchev–Trinajstić information content (AvgIpc) is 3.43. The number of amides is 3. The summed E-state index contributed by atoms with van der Waals surface area (Å²) in [5.41, 5.74) is 2.22. The molecular formula is C32H43ClN2O6. The molecule has 4 rings (SSSR count). The van der Waals surface area contributed by atoms with E-state index < -0.39 is 6.09 Å². The summed E-state index contributed by atoms with van der Waals surface area (Å²) < 4.78 is 9.84. The number of alkyl carbamates (subject to hydrolysis) is 1. The van der Waals surface area contributed by atoms with Gasteiger partial charge < -0.3 is 14.8 Å². The molecule has 0 aliphatic carbocycles. The number of hydrogen-bond acceptors (Lipinski definition) is 6. The summed E-state index contributed by atoms with van der Waals surface area (Å²) in [4.78, 5) is 46.3. The Hall–Kier alpha value is -3.39. The highest BCUT2D eigenvalue weighted by molar-refractivity contribution is 6.63. The van der Waals surface area contributed by atoms with Gasteiger partial charge in [0.05, 0.1) is 12.1 Å². The van der Waals surface area contributed by atoms with Crippen molar-refractivity contribution in [2.45, 2.75) is 79.3 Å². The fraction of sp³-hybridized carbons (Fsp3) is 0.500. The van der Waals surface area contributed by atoms with Gasteiger partial charge in [0.25, 0.3) is 0 Å². The number of carbonyl (C=O) groups excluding carboxylic acids is 4. The Kier molecular flexibility index (Phi) is 12.8. The Morgan fingerprint density at radius 3 is 1.73 bits per heavy atom. The van der Waals surface area contributed by atoms with E-state index in [0.29, 0.717) is 25.9 Å². The smallest absolute Gasteiger partial charge is 0.416 e. The van der Waals surface area contributed by atoms with Crippen LogP contribution in [-0.2, 0) is 31.9 Å². The minimum Gasteiger partial charge on any atom is -0.447 e. The van der Waals surface area contributed by atoms with Gasteiger partial charge in [-0.05, 0) is 46.4 Å². The molecule has 224 valence electrons. The van der Waals surface area contributed by atoms with E-state index in [1.807, 2.05) is 102 Å². The Morgan fingerprint density at radius 2 is 1.32 bits per heavy atom. The first kappa shape index (κ1) is 33.8. The lowest BCUT2D eigenvalue weighted by molar-refractivity contribution is -0.131. The van der Waals surface area contributed by atoms with Crippen molar-refractivity contribution in [1.29, 1.82) is 0 Å². The quantitative estimate of drug-likeness (QED) is 0.386. The van der Waals surface area contributed by atoms with Crippen LogP contribution in [0.3, 0.4) is 0 Å². The lowest BCUT2D eigenvalue weighted by Crippen LogP contribution is -2.41. The molecule has 0 saturated carbocycles. The number of imide groups is 1. The van der Waals surface area contributed by atoms with Gasteiger partial charge in [-0.15, -0.1) is 0 Å². The molecule has 2 aromatic carbocycles. The van der Waals surface area contributed by atoms with E-state index >= 15 is 0 Å². The van der Waals surface area contributed by atoms with E-state index in [4.69, 9.17) is 21.1 Å². The molecule has 0 aromatic heterocycles. The zero-order valence-electron chi connectivity index (χ0n) is 24.9. The highest BCUT2D eigenvalue weighted by Crippen LogP contribution is 2.24. The second-order valence-corrected chi connectivity index (χ2v) is 13.1. The van der Waals surface area contributed by atoms with Crippen LogP contribution in [0.5, 0.6) is 0 Å². The second-order valence-electron chi connectivity index (χ2n) is 12.6. The molecule has 41 heavy (non-hydrogen) atoms. The first-order chi connectivity index (χ1) is 19.1. The van der Waals surface area contributed by atoms with Crippen LogP contribution in [0, 0.1) is 10.8 Å². The van der Waals surface area contributed by atoms with E-state index in [1.165, 1.54) is 10.5 Å². The van der Waals surface area contributed by atoms with Gasteiger partial charge in [0.15, 0.2) is 0 Å². The maximum absolute atomic E-state index is 12.3. The number of carbonyl (C=O) groups is 4. The molecule has 0 spiro atoms. The van der Waals surface area contributed by atoms with Crippen molar-refractivity contribution in [2.75, 3.05) is 13.2 Å². The Balaban J connectivity index is 0.000000240. The first-order valence-corrected chi connectivity index (χ1v) is 14.2. The number of nitrogens with one attached hydrogen (secondary N) is 1. The topological polar surface area (TPSA) is 102 Å². The molecule has 8 nitrogen and oxygen atoms in total. The molecule has 9 heteroatoms. The molecule has 2 heterocycles. The Bertz CT molecular complexity index is 1140. The molecule has 2 aromatic rings. The number of cyclic esters (lactones) is 2. The molecule has 2 aliphatic heterocycles. The highest BCUT2D eigenvalue weighted by Gasteiger charge is 2.38. The molecule has 2 aliphatic rings. The molecule has 0 bridgehead atoms. The van der Waals surface area contributed by atoms with E-state index in [0.717, 1.165) is 12.0 Å². The van der Waals surface area contributed by atoms with Crippen molar-refractivity contribution in [1.82, 2.24) is 10.2 Å². The highest BCUT2D eigenvalue weighted by atomic mass is 35.5. The van der Waals surface area contributed by atoms with Gasteiger partial charge >= 0.3 is 12.2 Å². The van der Waals surface area contributed by atoms with Gasteiger partial charge in [0.2, 0.25) is 11.1 Å². The van der Waals surface area contributed by atoms with Gasteiger partial charge in [-0.25, -0.2) is 14.5 Å². The van der Waals surface area contributed by atoms with Crippen molar-refractivity contribution in [3.05, 3.63) is 71.8 Å². The Morgan fingerprint density at radius 1 is 0.805 bits per heavy atom. The number of nitrogens with zero attached hydrogens (tertiary/aromatic N) is 1. The number of benzene rings is 2. The van der Waals surface area contributed by atoms with Crippen molar-refractivity contribution >= 4 is 34.9 Å². The van der Waals surface area contributed by atoms with Crippen LogP contribution < -0.4 is 5.32 Å². The average molecular weight is 587 g/mol. The summed E-state index contributed by atoms with van der Waals surface area (Å²) in [6.07, 6.45) is 1.46. The van der Waals surface area contributed by atoms with Crippen LogP contribution in [-0.4, -0.2) is 53.5 Å². The lowest BCUT2D eigenvalue weighted by atomic mass is 9.91. The second kappa shape index (κ2) is 15.6. The molecule has 3 amide bonds. The number of hydrogen-bond donors (Lipinski definition) is 1. The van der Waals surface area contributed by atoms with Crippen LogP contribution in [0.2, 0.25) is 0 Å². The molecule has 2 saturated heterocycles. The zero-order chi connectivity index (χ0) is 30.6. The maximum Gasteiger partial charge on any atom is 0.416 e. The summed E-state index contributed by atoms with van der Waals surface area (Å²) >= 11 is 5.12. The van der Waals surface area contributed by atoms with Gasteiger partial charge in [0.1, 0.15) is 13.2 Å². The molecule has 0 radical (unpaired) electrons. The standard InChI is InChI=1S/C16H21NO3.C10H11NO2.C6H11ClO/c1-16(2,3)10-14(18)17-13(11-20-15(17)19)9-12-7-5-4-6-8-12;12-10-11-9(7-13-10)6-8-4-2-1-3-5-8;1-6(2,3)4-5(7)8/h4-8,13H,9-11H2,1-3H3;1-5,9H,6-7H2,(H,11,12);4H2,1-3H3/t13-;;/m0../s1. The van der Waals surface area contributed by atoms with E-state index in [-0.39, 0.29) is 46.8 Å². The summed E-state index contributed by atoms with van der Waals surface area (Å²) in [6.45, 7) is 12.7. The van der Waals surface area contributed by atoms with Gasteiger partial charge in [-0.3, -0.25) is 9.59 Å².